The molecule has 1 atom stereocenters. The smallest absolute Gasteiger partial charge is 0.0842 e. The van der Waals surface area contributed by atoms with Crippen LogP contribution >= 0.6 is 0 Å². The van der Waals surface area contributed by atoms with Gasteiger partial charge in [0, 0.05) is 38.4 Å². The Morgan fingerprint density at radius 2 is 1.84 bits per heavy atom. The quantitative estimate of drug-likeness (QED) is 0.576. The van der Waals surface area contributed by atoms with Crippen LogP contribution in [0.5, 0.6) is 0 Å². The standard InChI is InChI=1S/C13H20N2O3S/c16-19(17)18-12-4-7-14-8-10-15(11-9-14)13-5-2-1-3-6-13/h1-3,5-6H,4,7-12H2,(H,16,17)/p-1. The molecule has 0 bridgehead atoms. The van der Waals surface area contributed by atoms with E-state index in [1.54, 1.807) is 0 Å². The van der Waals surface area contributed by atoms with E-state index < -0.39 is 11.4 Å². The van der Waals surface area contributed by atoms with E-state index in [0.717, 1.165) is 39.1 Å². The summed E-state index contributed by atoms with van der Waals surface area (Å²) in [5, 5.41) is 0. The highest BCUT2D eigenvalue weighted by Crippen LogP contribution is 2.15. The second kappa shape index (κ2) is 7.59. The maximum Gasteiger partial charge on any atom is 0.0842 e. The maximum absolute atomic E-state index is 10.2. The number of rotatable bonds is 6. The van der Waals surface area contributed by atoms with Gasteiger partial charge in [0.1, 0.15) is 0 Å². The van der Waals surface area contributed by atoms with E-state index in [1.807, 2.05) is 6.07 Å². The fraction of sp³-hybridized carbons (Fsp3) is 0.538. The van der Waals surface area contributed by atoms with E-state index in [1.165, 1.54) is 5.69 Å². The number of hydrogen-bond donors (Lipinski definition) is 0. The van der Waals surface area contributed by atoms with E-state index in [9.17, 15) is 8.76 Å². The van der Waals surface area contributed by atoms with Crippen LogP contribution in [-0.2, 0) is 15.5 Å². The van der Waals surface area contributed by atoms with Crippen LogP contribution in [-0.4, -0.2) is 53.0 Å². The molecule has 1 aliphatic heterocycles. The number of piperazine rings is 1. The molecule has 1 heterocycles. The molecule has 0 spiro atoms. The van der Waals surface area contributed by atoms with E-state index in [0.29, 0.717) is 0 Å². The monoisotopic (exact) mass is 283 g/mol. The number of nitrogens with zero attached hydrogens (tertiary/aromatic N) is 2. The molecule has 1 aromatic rings. The van der Waals surface area contributed by atoms with Crippen molar-refractivity contribution in [1.29, 1.82) is 0 Å². The molecule has 1 aromatic carbocycles. The molecule has 0 N–H and O–H groups in total. The predicted molar refractivity (Wildman–Crippen MR) is 74.6 cm³/mol. The van der Waals surface area contributed by atoms with Crippen molar-refractivity contribution in [3.63, 3.8) is 0 Å². The Morgan fingerprint density at radius 3 is 2.47 bits per heavy atom. The second-order valence-corrected chi connectivity index (χ2v) is 5.19. The first-order valence-electron chi connectivity index (χ1n) is 6.50. The lowest BCUT2D eigenvalue weighted by molar-refractivity contribution is 0.223. The summed E-state index contributed by atoms with van der Waals surface area (Å²) in [6.45, 7) is 5.20. The Bertz CT molecular complexity index is 394. The molecule has 0 saturated carbocycles. The number of anilines is 1. The van der Waals surface area contributed by atoms with Gasteiger partial charge in [-0.3, -0.25) is 4.90 Å². The first-order valence-corrected chi connectivity index (χ1v) is 7.50. The number of benzene rings is 1. The van der Waals surface area contributed by atoms with E-state index in [4.69, 9.17) is 0 Å². The summed E-state index contributed by atoms with van der Waals surface area (Å²) in [6, 6.07) is 10.4. The molecular formula is C13H19N2O3S-. The summed E-state index contributed by atoms with van der Waals surface area (Å²) in [6.07, 6.45) is 0.749. The molecule has 2 rings (SSSR count). The lowest BCUT2D eigenvalue weighted by Gasteiger charge is -2.36. The lowest BCUT2D eigenvalue weighted by atomic mass is 10.2. The summed E-state index contributed by atoms with van der Waals surface area (Å²) in [4.78, 5) is 4.72. The third-order valence-corrected chi connectivity index (χ3v) is 3.65. The molecular weight excluding hydrogens is 264 g/mol. The van der Waals surface area contributed by atoms with E-state index >= 15 is 0 Å². The van der Waals surface area contributed by atoms with Crippen molar-refractivity contribution in [2.24, 2.45) is 0 Å². The molecule has 0 aromatic heterocycles. The number of hydrogen-bond acceptors (Lipinski definition) is 5. The van der Waals surface area contributed by atoms with Crippen LogP contribution in [0.2, 0.25) is 0 Å². The fourth-order valence-electron chi connectivity index (χ4n) is 2.28. The van der Waals surface area contributed by atoms with Gasteiger partial charge in [-0.15, -0.1) is 0 Å². The minimum atomic E-state index is -2.38. The van der Waals surface area contributed by atoms with E-state index in [2.05, 4.69) is 38.2 Å². The van der Waals surface area contributed by atoms with Gasteiger partial charge in [0.2, 0.25) is 0 Å². The Hall–Kier alpha value is -0.950. The fourth-order valence-corrected chi connectivity index (χ4v) is 2.54. The van der Waals surface area contributed by atoms with Gasteiger partial charge in [-0.05, 0) is 18.6 Å². The zero-order valence-corrected chi connectivity index (χ0v) is 11.7. The van der Waals surface area contributed by atoms with Gasteiger partial charge in [-0.25, -0.2) is 4.21 Å². The van der Waals surface area contributed by atoms with Gasteiger partial charge in [-0.2, -0.15) is 0 Å². The summed E-state index contributed by atoms with van der Waals surface area (Å²) >= 11 is -2.38. The van der Waals surface area contributed by atoms with Crippen molar-refractivity contribution in [3.05, 3.63) is 30.3 Å². The molecule has 6 heteroatoms. The molecule has 1 fully saturated rings. The molecule has 1 saturated heterocycles. The van der Waals surface area contributed by atoms with Crippen molar-refractivity contribution in [2.45, 2.75) is 6.42 Å². The summed E-state index contributed by atoms with van der Waals surface area (Å²) < 4.78 is 24.9. The van der Waals surface area contributed by atoms with Crippen LogP contribution in [0.4, 0.5) is 5.69 Å². The molecule has 5 nitrogen and oxygen atoms in total. The van der Waals surface area contributed by atoms with Crippen LogP contribution < -0.4 is 4.90 Å². The molecule has 0 amide bonds. The lowest BCUT2D eigenvalue weighted by Crippen LogP contribution is -2.46. The van der Waals surface area contributed by atoms with Crippen LogP contribution in [0.15, 0.2) is 30.3 Å². The second-order valence-electron chi connectivity index (χ2n) is 4.54. The minimum Gasteiger partial charge on any atom is -0.750 e. The molecule has 106 valence electrons. The molecule has 19 heavy (non-hydrogen) atoms. The predicted octanol–water partition coefficient (Wildman–Crippen LogP) is 1.01. The van der Waals surface area contributed by atoms with Gasteiger partial charge in [0.25, 0.3) is 0 Å². The van der Waals surface area contributed by atoms with Crippen LogP contribution in [0.1, 0.15) is 6.42 Å². The highest BCUT2D eigenvalue weighted by molar-refractivity contribution is 7.74. The first kappa shape index (κ1) is 14.5. The maximum atomic E-state index is 10.2. The third kappa shape index (κ3) is 4.91. The van der Waals surface area contributed by atoms with Crippen molar-refractivity contribution in [3.8, 4) is 0 Å². The average Bonchev–Trinajstić information content (AvgIpc) is 2.45. The topological polar surface area (TPSA) is 55.8 Å². The van der Waals surface area contributed by atoms with Gasteiger partial charge >= 0.3 is 0 Å². The van der Waals surface area contributed by atoms with Crippen LogP contribution in [0.3, 0.4) is 0 Å². The van der Waals surface area contributed by atoms with Gasteiger partial charge in [0.15, 0.2) is 0 Å². The normalized spacial score (nSPS) is 18.5. The van der Waals surface area contributed by atoms with Gasteiger partial charge < -0.3 is 13.6 Å². The molecule has 0 radical (unpaired) electrons. The largest absolute Gasteiger partial charge is 0.750 e. The molecule has 1 unspecified atom stereocenters. The molecule has 1 aliphatic rings. The van der Waals surface area contributed by atoms with Crippen molar-refractivity contribution >= 4 is 17.0 Å². The third-order valence-electron chi connectivity index (χ3n) is 3.29. The Morgan fingerprint density at radius 1 is 1.16 bits per heavy atom. The van der Waals surface area contributed by atoms with Crippen LogP contribution in [0.25, 0.3) is 0 Å². The van der Waals surface area contributed by atoms with Gasteiger partial charge in [-0.1, -0.05) is 18.2 Å². The zero-order chi connectivity index (χ0) is 13.5. The van der Waals surface area contributed by atoms with Crippen molar-refractivity contribution in [2.75, 3.05) is 44.2 Å². The highest BCUT2D eigenvalue weighted by Gasteiger charge is 2.16. The summed E-state index contributed by atoms with van der Waals surface area (Å²) in [7, 11) is 0. The zero-order valence-electron chi connectivity index (χ0n) is 10.9. The minimum absolute atomic E-state index is 0.273. The average molecular weight is 283 g/mol. The molecule has 0 aliphatic carbocycles. The summed E-state index contributed by atoms with van der Waals surface area (Å²) in [5.74, 6) is 0. The first-order chi connectivity index (χ1) is 9.25. The van der Waals surface area contributed by atoms with E-state index in [-0.39, 0.29) is 6.61 Å². The highest BCUT2D eigenvalue weighted by atomic mass is 32.2. The summed E-state index contributed by atoms with van der Waals surface area (Å²) in [5.41, 5.74) is 1.27. The van der Waals surface area contributed by atoms with Gasteiger partial charge in [0.05, 0.1) is 18.0 Å². The van der Waals surface area contributed by atoms with Crippen molar-refractivity contribution in [1.82, 2.24) is 4.90 Å². The van der Waals surface area contributed by atoms with Crippen LogP contribution in [0, 0.1) is 0 Å². The Balaban J connectivity index is 1.67. The Kier molecular flexibility index (Phi) is 5.78. The SMILES string of the molecule is O=S([O-])OCCCN1CCN(c2ccccc2)CC1. The van der Waals surface area contributed by atoms with Crippen molar-refractivity contribution < 1.29 is 12.9 Å². The Labute approximate surface area is 116 Å². The number of para-hydroxylation sites is 1.